The van der Waals surface area contributed by atoms with E-state index >= 15 is 0 Å². The van der Waals surface area contributed by atoms with E-state index in [2.05, 4.69) is 18.7 Å². The van der Waals surface area contributed by atoms with E-state index in [4.69, 9.17) is 19.4 Å². The molecule has 3 aromatic rings. The number of fused-ring (bicyclic) bond motifs is 4. The van der Waals surface area contributed by atoms with Gasteiger partial charge in [-0.3, -0.25) is 4.79 Å². The second-order valence-corrected chi connectivity index (χ2v) is 10.7. The number of aryl methyl sites for hydroxylation is 2. The van der Waals surface area contributed by atoms with Crippen molar-refractivity contribution in [3.63, 3.8) is 0 Å². The molecule has 0 spiro atoms. The van der Waals surface area contributed by atoms with Crippen LogP contribution in [0.15, 0.2) is 18.2 Å². The average molecular weight is 479 g/mol. The highest BCUT2D eigenvalue weighted by molar-refractivity contribution is 7.19. The summed E-state index contributed by atoms with van der Waals surface area (Å²) in [5.41, 5.74) is 2.11. The van der Waals surface area contributed by atoms with Crippen molar-refractivity contribution in [2.75, 3.05) is 37.9 Å². The van der Waals surface area contributed by atoms with Crippen LogP contribution in [0.1, 0.15) is 53.3 Å². The van der Waals surface area contributed by atoms with Crippen LogP contribution in [0.3, 0.4) is 0 Å². The molecule has 1 aromatic carbocycles. The van der Waals surface area contributed by atoms with Crippen molar-refractivity contribution in [3.05, 3.63) is 40.0 Å². The molecule has 178 valence electrons. The van der Waals surface area contributed by atoms with Crippen molar-refractivity contribution in [1.82, 2.24) is 14.9 Å². The molecule has 1 saturated heterocycles. The van der Waals surface area contributed by atoms with Crippen molar-refractivity contribution in [3.8, 4) is 11.5 Å². The third kappa shape index (κ3) is 3.78. The van der Waals surface area contributed by atoms with Crippen LogP contribution in [0.25, 0.3) is 10.2 Å². The predicted octanol–water partition coefficient (Wildman–Crippen LogP) is 4.46. The number of thiophene rings is 1. The average Bonchev–Trinajstić information content (AvgIpc) is 3.46. The Morgan fingerprint density at radius 1 is 1.15 bits per heavy atom. The quantitative estimate of drug-likeness (QED) is 0.552. The summed E-state index contributed by atoms with van der Waals surface area (Å²) in [6.45, 7) is 7.62. The first kappa shape index (κ1) is 21.6. The van der Waals surface area contributed by atoms with Gasteiger partial charge in [0.15, 0.2) is 11.5 Å². The van der Waals surface area contributed by atoms with Gasteiger partial charge in [-0.2, -0.15) is 0 Å². The molecule has 1 amide bonds. The van der Waals surface area contributed by atoms with Gasteiger partial charge in [0.25, 0.3) is 5.91 Å². The van der Waals surface area contributed by atoms with E-state index in [9.17, 15) is 4.79 Å². The Kier molecular flexibility index (Phi) is 5.56. The summed E-state index contributed by atoms with van der Waals surface area (Å²) in [4.78, 5) is 30.1. The van der Waals surface area contributed by atoms with Gasteiger partial charge in [-0.25, -0.2) is 9.97 Å². The van der Waals surface area contributed by atoms with Crippen molar-refractivity contribution < 1.29 is 14.3 Å². The molecule has 3 aliphatic rings. The fourth-order valence-corrected chi connectivity index (χ4v) is 6.66. The Morgan fingerprint density at radius 3 is 2.79 bits per heavy atom. The first-order valence-electron chi connectivity index (χ1n) is 12.4. The minimum atomic E-state index is 0.0411. The molecule has 2 aliphatic heterocycles. The third-order valence-electron chi connectivity index (χ3n) is 7.14. The fraction of sp³-hybridized carbons (Fsp3) is 0.500. The normalized spacial score (nSPS) is 19.5. The molecule has 34 heavy (non-hydrogen) atoms. The topological polar surface area (TPSA) is 67.8 Å². The van der Waals surface area contributed by atoms with Crippen molar-refractivity contribution in [2.24, 2.45) is 5.92 Å². The van der Waals surface area contributed by atoms with Crippen LogP contribution in [-0.2, 0) is 19.3 Å². The zero-order chi connectivity index (χ0) is 23.2. The number of carbonyl (C=O) groups is 1. The van der Waals surface area contributed by atoms with E-state index in [0.29, 0.717) is 30.2 Å². The zero-order valence-corrected chi connectivity index (χ0v) is 20.6. The van der Waals surface area contributed by atoms with Gasteiger partial charge in [-0.1, -0.05) is 13.8 Å². The summed E-state index contributed by atoms with van der Waals surface area (Å²) in [7, 11) is 0. The van der Waals surface area contributed by atoms with Gasteiger partial charge in [0.05, 0.1) is 5.39 Å². The smallest absolute Gasteiger partial charge is 0.254 e. The summed E-state index contributed by atoms with van der Waals surface area (Å²) < 4.78 is 10.8. The van der Waals surface area contributed by atoms with Crippen molar-refractivity contribution >= 4 is 33.3 Å². The molecule has 0 bridgehead atoms. The highest BCUT2D eigenvalue weighted by Crippen LogP contribution is 2.41. The molecular weight excluding hydrogens is 448 g/mol. The third-order valence-corrected chi connectivity index (χ3v) is 8.29. The SMILES string of the molecule is CCCc1nc(N2CCN(C(=O)c3ccc4c(c3)OCO4)CC2)c2c3c(sc2n1)C[C@H](C)CC3. The molecule has 0 radical (unpaired) electrons. The van der Waals surface area contributed by atoms with Gasteiger partial charge in [-0.05, 0) is 55.4 Å². The second kappa shape index (κ2) is 8.73. The Bertz CT molecular complexity index is 1250. The Morgan fingerprint density at radius 2 is 1.97 bits per heavy atom. The molecule has 0 saturated carbocycles. The number of anilines is 1. The van der Waals surface area contributed by atoms with Crippen LogP contribution >= 0.6 is 11.3 Å². The van der Waals surface area contributed by atoms with E-state index < -0.39 is 0 Å². The first-order chi connectivity index (χ1) is 16.6. The lowest BCUT2D eigenvalue weighted by Crippen LogP contribution is -2.49. The zero-order valence-electron chi connectivity index (χ0n) is 19.8. The minimum absolute atomic E-state index is 0.0411. The predicted molar refractivity (Wildman–Crippen MR) is 133 cm³/mol. The van der Waals surface area contributed by atoms with E-state index in [1.54, 1.807) is 6.07 Å². The maximum Gasteiger partial charge on any atom is 0.254 e. The minimum Gasteiger partial charge on any atom is -0.454 e. The molecule has 0 N–H and O–H groups in total. The van der Waals surface area contributed by atoms with Gasteiger partial charge >= 0.3 is 0 Å². The van der Waals surface area contributed by atoms with Gasteiger partial charge in [0.2, 0.25) is 6.79 Å². The van der Waals surface area contributed by atoms with Crippen LogP contribution in [0.5, 0.6) is 11.5 Å². The molecular formula is C26H30N4O3S. The molecule has 7 nitrogen and oxygen atoms in total. The van der Waals surface area contributed by atoms with Crippen LogP contribution < -0.4 is 14.4 Å². The summed E-state index contributed by atoms with van der Waals surface area (Å²) in [6.07, 6.45) is 5.42. The molecule has 2 aromatic heterocycles. The Labute approximate surface area is 203 Å². The maximum atomic E-state index is 13.2. The molecule has 6 rings (SSSR count). The van der Waals surface area contributed by atoms with E-state index in [1.165, 1.54) is 22.2 Å². The summed E-state index contributed by atoms with van der Waals surface area (Å²) in [5, 5.41) is 1.27. The summed E-state index contributed by atoms with van der Waals surface area (Å²) >= 11 is 1.87. The van der Waals surface area contributed by atoms with Gasteiger partial charge in [0.1, 0.15) is 16.5 Å². The number of hydrogen-bond acceptors (Lipinski definition) is 7. The molecule has 1 aliphatic carbocycles. The number of ether oxygens (including phenoxy) is 2. The Balaban J connectivity index is 1.26. The summed E-state index contributed by atoms with van der Waals surface area (Å²) in [6, 6.07) is 5.44. The van der Waals surface area contributed by atoms with Crippen LogP contribution in [0.2, 0.25) is 0 Å². The molecule has 1 fully saturated rings. The lowest BCUT2D eigenvalue weighted by atomic mass is 9.89. The lowest BCUT2D eigenvalue weighted by molar-refractivity contribution is 0.0746. The summed E-state index contributed by atoms with van der Waals surface area (Å²) in [5.74, 6) is 4.14. The molecule has 0 unspecified atom stereocenters. The second-order valence-electron chi connectivity index (χ2n) is 9.59. The van der Waals surface area contributed by atoms with Gasteiger partial charge in [0, 0.05) is 43.0 Å². The van der Waals surface area contributed by atoms with Crippen molar-refractivity contribution in [2.45, 2.75) is 46.0 Å². The van der Waals surface area contributed by atoms with E-state index in [0.717, 1.165) is 61.2 Å². The van der Waals surface area contributed by atoms with E-state index in [-0.39, 0.29) is 12.7 Å². The largest absolute Gasteiger partial charge is 0.454 e. The van der Waals surface area contributed by atoms with Crippen LogP contribution in [-0.4, -0.2) is 53.7 Å². The number of amides is 1. The van der Waals surface area contributed by atoms with Crippen LogP contribution in [0.4, 0.5) is 5.82 Å². The first-order valence-corrected chi connectivity index (χ1v) is 13.2. The standard InChI is InChI=1S/C26H30N4O3S/c1-3-4-22-27-24(23-18-7-5-16(2)13-21(18)34-25(23)28-22)29-9-11-30(12-10-29)26(31)17-6-8-19-20(14-17)33-15-32-19/h6,8,14,16H,3-5,7,9-13,15H2,1-2H3/t16-/m1/s1. The maximum absolute atomic E-state index is 13.2. The number of nitrogens with zero attached hydrogens (tertiary/aromatic N) is 4. The number of rotatable bonds is 4. The highest BCUT2D eigenvalue weighted by Gasteiger charge is 2.29. The molecule has 8 heteroatoms. The van der Waals surface area contributed by atoms with Crippen molar-refractivity contribution in [1.29, 1.82) is 0 Å². The van der Waals surface area contributed by atoms with Crippen LogP contribution in [0, 0.1) is 5.92 Å². The molecule has 1 atom stereocenters. The number of piperazine rings is 1. The van der Waals surface area contributed by atoms with E-state index in [1.807, 2.05) is 28.4 Å². The number of carbonyl (C=O) groups excluding carboxylic acids is 1. The molecule has 4 heterocycles. The highest BCUT2D eigenvalue weighted by atomic mass is 32.1. The van der Waals surface area contributed by atoms with Gasteiger partial charge < -0.3 is 19.3 Å². The van der Waals surface area contributed by atoms with Gasteiger partial charge in [-0.15, -0.1) is 11.3 Å². The monoisotopic (exact) mass is 478 g/mol. The Hall–Kier alpha value is -2.87. The number of benzene rings is 1. The number of hydrogen-bond donors (Lipinski definition) is 0. The fourth-order valence-electron chi connectivity index (χ4n) is 5.26. The lowest BCUT2D eigenvalue weighted by Gasteiger charge is -2.36. The number of aromatic nitrogens is 2.